The Morgan fingerprint density at radius 1 is 1.07 bits per heavy atom. The summed E-state index contributed by atoms with van der Waals surface area (Å²) in [6.07, 6.45) is -4.53. The Morgan fingerprint density at radius 3 is 2.53 bits per heavy atom. The highest BCUT2D eigenvalue weighted by Gasteiger charge is 2.31. The molecule has 0 aliphatic rings. The minimum atomic E-state index is -4.53. The van der Waals surface area contributed by atoms with E-state index in [1.807, 2.05) is 25.1 Å². The molecule has 1 heterocycles. The van der Waals surface area contributed by atoms with Crippen LogP contribution in [0.4, 0.5) is 18.9 Å². The third-order valence-corrected chi connectivity index (χ3v) is 4.49. The zero-order valence-corrected chi connectivity index (χ0v) is 17.0. The van der Waals surface area contributed by atoms with Crippen LogP contribution in [0, 0.1) is 6.92 Å². The van der Waals surface area contributed by atoms with Gasteiger partial charge in [0.25, 0.3) is 0 Å². The van der Waals surface area contributed by atoms with Crippen molar-refractivity contribution in [1.82, 2.24) is 10.9 Å². The number of hydrogen-bond donors (Lipinski definition) is 3. The summed E-state index contributed by atoms with van der Waals surface area (Å²) in [7, 11) is 0. The van der Waals surface area contributed by atoms with E-state index in [9.17, 15) is 18.0 Å². The van der Waals surface area contributed by atoms with Gasteiger partial charge in [0, 0.05) is 11.3 Å². The SMILES string of the molecule is Cc1cccc(NC(=S)NNC(=O)c2ccc(-c3cc(C(F)(F)F)ccc3Cl)o2)c1. The molecule has 3 rings (SSSR count). The molecule has 0 bridgehead atoms. The van der Waals surface area contributed by atoms with Crippen LogP contribution >= 0.6 is 23.8 Å². The van der Waals surface area contributed by atoms with Crippen LogP contribution in [-0.2, 0) is 6.18 Å². The van der Waals surface area contributed by atoms with Gasteiger partial charge in [-0.05, 0) is 67.2 Å². The van der Waals surface area contributed by atoms with Gasteiger partial charge in [-0.1, -0.05) is 23.7 Å². The van der Waals surface area contributed by atoms with Crippen LogP contribution in [0.2, 0.25) is 5.02 Å². The molecule has 0 spiro atoms. The fourth-order valence-electron chi connectivity index (χ4n) is 2.56. The minimum absolute atomic E-state index is 0.0233. The Balaban J connectivity index is 1.66. The molecule has 3 N–H and O–H groups in total. The van der Waals surface area contributed by atoms with E-state index in [4.69, 9.17) is 28.2 Å². The van der Waals surface area contributed by atoms with Crippen LogP contribution in [0.1, 0.15) is 21.7 Å². The Kier molecular flexibility index (Phi) is 6.33. The van der Waals surface area contributed by atoms with Crippen LogP contribution in [0.5, 0.6) is 0 Å². The standard InChI is InChI=1S/C20H15ClF3N3O2S/c1-11-3-2-4-13(9-11)25-19(30)27-26-18(28)17-8-7-16(29-17)14-10-12(20(22,23)24)5-6-15(14)21/h2-10H,1H3,(H,26,28)(H2,25,27,30). The molecule has 10 heteroatoms. The first-order valence-corrected chi connectivity index (χ1v) is 9.33. The van der Waals surface area contributed by atoms with Gasteiger partial charge in [0.2, 0.25) is 0 Å². The van der Waals surface area contributed by atoms with E-state index in [0.29, 0.717) is 0 Å². The molecule has 3 aromatic rings. The number of furan rings is 1. The summed E-state index contributed by atoms with van der Waals surface area (Å²) in [5, 5.41) is 3.10. The quantitative estimate of drug-likeness (QED) is 0.358. The summed E-state index contributed by atoms with van der Waals surface area (Å²) in [5.41, 5.74) is 5.79. The molecule has 156 valence electrons. The van der Waals surface area contributed by atoms with Crippen molar-refractivity contribution in [2.24, 2.45) is 0 Å². The van der Waals surface area contributed by atoms with E-state index in [1.54, 1.807) is 6.07 Å². The van der Waals surface area contributed by atoms with E-state index in [0.717, 1.165) is 29.4 Å². The maximum absolute atomic E-state index is 12.9. The third kappa shape index (κ3) is 5.31. The van der Waals surface area contributed by atoms with Crippen LogP contribution in [0.25, 0.3) is 11.3 Å². The predicted octanol–water partition coefficient (Wildman–Crippen LogP) is 5.56. The molecular formula is C20H15ClF3N3O2S. The van der Waals surface area contributed by atoms with Gasteiger partial charge in [0.1, 0.15) is 5.76 Å². The topological polar surface area (TPSA) is 66.3 Å². The third-order valence-electron chi connectivity index (χ3n) is 3.95. The molecule has 0 atom stereocenters. The molecule has 0 aliphatic carbocycles. The molecule has 2 aromatic carbocycles. The minimum Gasteiger partial charge on any atom is -0.451 e. The summed E-state index contributed by atoms with van der Waals surface area (Å²) in [4.78, 5) is 12.2. The Hall–Kier alpha value is -3.04. The smallest absolute Gasteiger partial charge is 0.416 e. The van der Waals surface area contributed by atoms with E-state index in [2.05, 4.69) is 16.2 Å². The number of thiocarbonyl (C=S) groups is 1. The molecule has 5 nitrogen and oxygen atoms in total. The molecule has 0 radical (unpaired) electrons. The van der Waals surface area contributed by atoms with Crippen LogP contribution < -0.4 is 16.2 Å². The lowest BCUT2D eigenvalue weighted by Crippen LogP contribution is -2.43. The average molecular weight is 454 g/mol. The number of benzene rings is 2. The van der Waals surface area contributed by atoms with Crippen LogP contribution in [0.15, 0.2) is 59.0 Å². The number of rotatable bonds is 3. The molecule has 0 unspecified atom stereocenters. The fourth-order valence-corrected chi connectivity index (χ4v) is 2.93. The van der Waals surface area contributed by atoms with Crippen molar-refractivity contribution in [3.63, 3.8) is 0 Å². The lowest BCUT2D eigenvalue weighted by molar-refractivity contribution is -0.137. The fraction of sp³-hybridized carbons (Fsp3) is 0.100. The number of amides is 1. The monoisotopic (exact) mass is 453 g/mol. The van der Waals surface area contributed by atoms with Crippen molar-refractivity contribution in [1.29, 1.82) is 0 Å². The van der Waals surface area contributed by atoms with E-state index < -0.39 is 17.6 Å². The van der Waals surface area contributed by atoms with Crippen LogP contribution in [-0.4, -0.2) is 11.0 Å². The molecule has 0 fully saturated rings. The number of hydrazine groups is 1. The van der Waals surface area contributed by atoms with Crippen molar-refractivity contribution in [3.8, 4) is 11.3 Å². The first-order chi connectivity index (χ1) is 14.1. The van der Waals surface area contributed by atoms with Gasteiger partial charge in [0.05, 0.1) is 10.6 Å². The van der Waals surface area contributed by atoms with Crippen molar-refractivity contribution < 1.29 is 22.4 Å². The summed E-state index contributed by atoms with van der Waals surface area (Å²) >= 11 is 11.1. The Bertz CT molecular complexity index is 1100. The molecular weight excluding hydrogens is 439 g/mol. The molecule has 30 heavy (non-hydrogen) atoms. The largest absolute Gasteiger partial charge is 0.451 e. The number of anilines is 1. The highest BCUT2D eigenvalue weighted by Crippen LogP contribution is 2.36. The van der Waals surface area contributed by atoms with Gasteiger partial charge < -0.3 is 9.73 Å². The summed E-state index contributed by atoms with van der Waals surface area (Å²) in [6, 6.07) is 13.0. The number of hydrogen-bond acceptors (Lipinski definition) is 3. The maximum atomic E-state index is 12.9. The van der Waals surface area contributed by atoms with Crippen LogP contribution in [0.3, 0.4) is 0 Å². The van der Waals surface area contributed by atoms with Gasteiger partial charge in [-0.2, -0.15) is 13.2 Å². The number of aryl methyl sites for hydroxylation is 1. The molecule has 1 amide bonds. The van der Waals surface area contributed by atoms with Crippen molar-refractivity contribution in [2.75, 3.05) is 5.32 Å². The highest BCUT2D eigenvalue weighted by molar-refractivity contribution is 7.80. The molecule has 0 aliphatic heterocycles. The zero-order chi connectivity index (χ0) is 21.9. The summed E-state index contributed by atoms with van der Waals surface area (Å²) in [6.45, 7) is 1.93. The number of carbonyl (C=O) groups is 1. The van der Waals surface area contributed by atoms with Gasteiger partial charge in [-0.25, -0.2) is 0 Å². The van der Waals surface area contributed by atoms with Crippen molar-refractivity contribution >= 4 is 40.5 Å². The highest BCUT2D eigenvalue weighted by atomic mass is 35.5. The Morgan fingerprint density at radius 2 is 1.83 bits per heavy atom. The number of alkyl halides is 3. The maximum Gasteiger partial charge on any atom is 0.416 e. The predicted molar refractivity (Wildman–Crippen MR) is 112 cm³/mol. The number of carbonyl (C=O) groups excluding carboxylic acids is 1. The first-order valence-electron chi connectivity index (χ1n) is 8.54. The molecule has 1 aromatic heterocycles. The van der Waals surface area contributed by atoms with E-state index >= 15 is 0 Å². The first kappa shape index (κ1) is 21.7. The molecule has 0 saturated carbocycles. The second kappa shape index (κ2) is 8.76. The lowest BCUT2D eigenvalue weighted by Gasteiger charge is -2.11. The van der Waals surface area contributed by atoms with Gasteiger partial charge in [-0.3, -0.25) is 15.6 Å². The lowest BCUT2D eigenvalue weighted by atomic mass is 10.1. The average Bonchev–Trinajstić information content (AvgIpc) is 3.15. The number of halogens is 4. The van der Waals surface area contributed by atoms with E-state index in [1.165, 1.54) is 12.1 Å². The van der Waals surface area contributed by atoms with Gasteiger partial charge >= 0.3 is 12.1 Å². The normalized spacial score (nSPS) is 11.1. The molecule has 0 saturated heterocycles. The summed E-state index contributed by atoms with van der Waals surface area (Å²) < 4.78 is 44.2. The zero-order valence-electron chi connectivity index (χ0n) is 15.4. The summed E-state index contributed by atoms with van der Waals surface area (Å²) in [5.74, 6) is -0.779. The van der Waals surface area contributed by atoms with Gasteiger partial charge in [0.15, 0.2) is 10.9 Å². The number of nitrogens with one attached hydrogen (secondary N) is 3. The Labute approximate surface area is 180 Å². The van der Waals surface area contributed by atoms with Crippen molar-refractivity contribution in [3.05, 3.63) is 76.5 Å². The van der Waals surface area contributed by atoms with Gasteiger partial charge in [-0.15, -0.1) is 0 Å². The second-order valence-electron chi connectivity index (χ2n) is 6.26. The van der Waals surface area contributed by atoms with E-state index in [-0.39, 0.29) is 27.2 Å². The van der Waals surface area contributed by atoms with Crippen molar-refractivity contribution in [2.45, 2.75) is 13.1 Å². The second-order valence-corrected chi connectivity index (χ2v) is 7.07.